The molecule has 7 heteroatoms. The molecule has 1 N–H and O–H groups in total. The fraction of sp³-hybridized carbons (Fsp3) is 0.348. The van der Waals surface area contributed by atoms with Crippen LogP contribution in [0, 0.1) is 0 Å². The Morgan fingerprint density at radius 3 is 2.77 bits per heavy atom. The molecule has 1 saturated heterocycles. The Bertz CT molecular complexity index is 998. The molecular weight excluding hydrogens is 380 g/mol. The number of likely N-dealkylation sites (N-methyl/N-ethyl adjacent to an activating group) is 1. The van der Waals surface area contributed by atoms with Crippen molar-refractivity contribution < 1.29 is 14.6 Å². The van der Waals surface area contributed by atoms with E-state index in [0.717, 1.165) is 29.4 Å². The van der Waals surface area contributed by atoms with Gasteiger partial charge in [-0.1, -0.05) is 48.5 Å². The van der Waals surface area contributed by atoms with E-state index in [4.69, 9.17) is 4.74 Å². The maximum absolute atomic E-state index is 12.9. The summed E-state index contributed by atoms with van der Waals surface area (Å²) < 4.78 is 5.60. The lowest BCUT2D eigenvalue weighted by molar-refractivity contribution is -0.134. The SMILES string of the molecule is CN(C(=O)COc1ncc2ccccc2n1)C(CN1CC[C@H](O)C1)c1ccccc1. The van der Waals surface area contributed by atoms with Crippen molar-refractivity contribution in [3.05, 3.63) is 66.4 Å². The monoisotopic (exact) mass is 406 g/mol. The first-order chi connectivity index (χ1) is 14.6. The van der Waals surface area contributed by atoms with E-state index in [1.165, 1.54) is 0 Å². The second-order valence-electron chi connectivity index (χ2n) is 7.63. The number of benzene rings is 2. The summed E-state index contributed by atoms with van der Waals surface area (Å²) in [6.07, 6.45) is 2.16. The lowest BCUT2D eigenvalue weighted by atomic mass is 10.0. The van der Waals surface area contributed by atoms with Crippen molar-refractivity contribution in [2.45, 2.75) is 18.6 Å². The van der Waals surface area contributed by atoms with E-state index in [9.17, 15) is 9.90 Å². The number of aromatic nitrogens is 2. The highest BCUT2D eigenvalue weighted by atomic mass is 16.5. The second kappa shape index (κ2) is 9.19. The van der Waals surface area contributed by atoms with E-state index in [1.807, 2.05) is 54.6 Å². The number of hydrogen-bond donors (Lipinski definition) is 1. The first-order valence-corrected chi connectivity index (χ1v) is 10.2. The molecule has 1 amide bonds. The van der Waals surface area contributed by atoms with Gasteiger partial charge in [0.1, 0.15) is 0 Å². The van der Waals surface area contributed by atoms with Crippen LogP contribution >= 0.6 is 0 Å². The molecule has 3 aromatic rings. The van der Waals surface area contributed by atoms with Gasteiger partial charge in [-0.15, -0.1) is 0 Å². The molecule has 4 rings (SSSR count). The number of aliphatic hydroxyl groups is 1. The zero-order chi connectivity index (χ0) is 20.9. The fourth-order valence-electron chi connectivity index (χ4n) is 3.78. The van der Waals surface area contributed by atoms with E-state index in [-0.39, 0.29) is 30.7 Å². The van der Waals surface area contributed by atoms with Crippen molar-refractivity contribution in [3.63, 3.8) is 0 Å². The molecule has 156 valence electrons. The first-order valence-electron chi connectivity index (χ1n) is 10.2. The largest absolute Gasteiger partial charge is 0.453 e. The number of rotatable bonds is 7. The predicted octanol–water partition coefficient (Wildman–Crippen LogP) is 2.27. The van der Waals surface area contributed by atoms with Crippen LogP contribution in [0.5, 0.6) is 6.01 Å². The molecule has 7 nitrogen and oxygen atoms in total. The van der Waals surface area contributed by atoms with Gasteiger partial charge in [0.25, 0.3) is 5.91 Å². The summed E-state index contributed by atoms with van der Waals surface area (Å²) in [7, 11) is 1.79. The third-order valence-electron chi connectivity index (χ3n) is 5.52. The van der Waals surface area contributed by atoms with Crippen molar-refractivity contribution >= 4 is 16.8 Å². The topological polar surface area (TPSA) is 78.8 Å². The minimum absolute atomic E-state index is 0.134. The number of carbonyl (C=O) groups is 1. The maximum atomic E-state index is 12.9. The van der Waals surface area contributed by atoms with Gasteiger partial charge in [0.15, 0.2) is 6.61 Å². The van der Waals surface area contributed by atoms with Gasteiger partial charge in [0.05, 0.1) is 17.7 Å². The van der Waals surface area contributed by atoms with Gasteiger partial charge < -0.3 is 14.7 Å². The molecule has 0 aliphatic carbocycles. The van der Waals surface area contributed by atoms with Crippen LogP contribution in [0.4, 0.5) is 0 Å². The molecule has 1 aromatic heterocycles. The molecule has 2 heterocycles. The van der Waals surface area contributed by atoms with E-state index in [0.29, 0.717) is 13.1 Å². The number of hydrogen-bond acceptors (Lipinski definition) is 6. The minimum Gasteiger partial charge on any atom is -0.453 e. The molecule has 0 saturated carbocycles. The summed E-state index contributed by atoms with van der Waals surface area (Å²) in [5.74, 6) is -0.152. The zero-order valence-corrected chi connectivity index (χ0v) is 17.0. The van der Waals surface area contributed by atoms with Crippen molar-refractivity contribution in [3.8, 4) is 6.01 Å². The van der Waals surface area contributed by atoms with Crippen molar-refractivity contribution in [2.24, 2.45) is 0 Å². The molecule has 0 spiro atoms. The Morgan fingerprint density at radius 2 is 2.00 bits per heavy atom. The Hall–Kier alpha value is -3.03. The van der Waals surface area contributed by atoms with Crippen molar-refractivity contribution in [1.29, 1.82) is 0 Å². The Morgan fingerprint density at radius 1 is 1.23 bits per heavy atom. The number of carbonyl (C=O) groups excluding carboxylic acids is 1. The Kier molecular flexibility index (Phi) is 6.21. The summed E-state index contributed by atoms with van der Waals surface area (Å²) in [5.41, 5.74) is 1.83. The molecule has 1 unspecified atom stereocenters. The van der Waals surface area contributed by atoms with E-state index in [2.05, 4.69) is 14.9 Å². The Labute approximate surface area is 175 Å². The second-order valence-corrected chi connectivity index (χ2v) is 7.63. The van der Waals surface area contributed by atoms with E-state index >= 15 is 0 Å². The van der Waals surface area contributed by atoms with Crippen LogP contribution in [0.1, 0.15) is 18.0 Å². The molecule has 1 aliphatic rings. The summed E-state index contributed by atoms with van der Waals surface area (Å²) in [6.45, 7) is 1.98. The lowest BCUT2D eigenvalue weighted by Gasteiger charge is -2.32. The van der Waals surface area contributed by atoms with Crippen molar-refractivity contribution in [1.82, 2.24) is 19.8 Å². The maximum Gasteiger partial charge on any atom is 0.317 e. The first kappa shape index (κ1) is 20.3. The smallest absolute Gasteiger partial charge is 0.317 e. The molecule has 1 aliphatic heterocycles. The summed E-state index contributed by atoms with van der Waals surface area (Å²) >= 11 is 0. The standard InChI is InChI=1S/C23H26N4O3/c1-26(21(17-7-3-2-4-8-17)15-27-12-11-19(28)14-27)22(29)16-30-23-24-13-18-9-5-6-10-20(18)25-23/h2-10,13,19,21,28H,11-12,14-16H2,1H3/t19-,21?/m0/s1. The quantitative estimate of drug-likeness (QED) is 0.649. The summed E-state index contributed by atoms with van der Waals surface area (Å²) in [4.78, 5) is 25.4. The number of para-hydroxylation sites is 1. The van der Waals surface area contributed by atoms with Crippen LogP contribution in [-0.4, -0.2) is 70.2 Å². The third-order valence-corrected chi connectivity index (χ3v) is 5.52. The number of fused-ring (bicyclic) bond motifs is 1. The van der Waals surface area contributed by atoms with E-state index in [1.54, 1.807) is 18.1 Å². The molecule has 2 aromatic carbocycles. The molecule has 2 atom stereocenters. The van der Waals surface area contributed by atoms with Crippen LogP contribution in [0.3, 0.4) is 0 Å². The molecule has 30 heavy (non-hydrogen) atoms. The van der Waals surface area contributed by atoms with Gasteiger partial charge in [0.2, 0.25) is 0 Å². The highest BCUT2D eigenvalue weighted by Gasteiger charge is 2.28. The normalized spacial score (nSPS) is 17.7. The van der Waals surface area contributed by atoms with Crippen LogP contribution in [0.2, 0.25) is 0 Å². The number of aliphatic hydroxyl groups excluding tert-OH is 1. The van der Waals surface area contributed by atoms with Crippen LogP contribution in [-0.2, 0) is 4.79 Å². The summed E-state index contributed by atoms with van der Waals surface area (Å²) in [5, 5.41) is 10.8. The number of β-amino-alcohol motifs (C(OH)–C–C–N with tert-alkyl or cyclic N) is 1. The van der Waals surface area contributed by atoms with Gasteiger partial charge in [-0.2, -0.15) is 4.98 Å². The van der Waals surface area contributed by atoms with Crippen LogP contribution in [0.15, 0.2) is 60.8 Å². The number of nitrogens with zero attached hydrogens (tertiary/aromatic N) is 4. The predicted molar refractivity (Wildman–Crippen MR) is 114 cm³/mol. The van der Waals surface area contributed by atoms with E-state index < -0.39 is 0 Å². The van der Waals surface area contributed by atoms with Gasteiger partial charge in [-0.3, -0.25) is 9.69 Å². The van der Waals surface area contributed by atoms with Gasteiger partial charge >= 0.3 is 6.01 Å². The van der Waals surface area contributed by atoms with Gasteiger partial charge in [0, 0.05) is 38.3 Å². The molecular formula is C23H26N4O3. The van der Waals surface area contributed by atoms with Crippen LogP contribution < -0.4 is 4.74 Å². The molecule has 1 fully saturated rings. The molecule has 0 bridgehead atoms. The molecule has 0 radical (unpaired) electrons. The van der Waals surface area contributed by atoms with Gasteiger partial charge in [-0.05, 0) is 18.1 Å². The highest BCUT2D eigenvalue weighted by Crippen LogP contribution is 2.23. The number of amides is 1. The van der Waals surface area contributed by atoms with Crippen molar-refractivity contribution in [2.75, 3.05) is 33.3 Å². The number of ether oxygens (including phenoxy) is 1. The third kappa shape index (κ3) is 4.75. The summed E-state index contributed by atoms with van der Waals surface area (Å²) in [6, 6.07) is 17.6. The Balaban J connectivity index is 1.44. The lowest BCUT2D eigenvalue weighted by Crippen LogP contribution is -2.41. The zero-order valence-electron chi connectivity index (χ0n) is 17.0. The minimum atomic E-state index is -0.296. The average molecular weight is 406 g/mol. The highest BCUT2D eigenvalue weighted by molar-refractivity contribution is 5.79. The van der Waals surface area contributed by atoms with Crippen LogP contribution in [0.25, 0.3) is 10.9 Å². The van der Waals surface area contributed by atoms with Gasteiger partial charge in [-0.25, -0.2) is 4.98 Å². The fourth-order valence-corrected chi connectivity index (χ4v) is 3.78. The average Bonchev–Trinajstić information content (AvgIpc) is 3.20. The number of likely N-dealkylation sites (tertiary alicyclic amines) is 1.